The summed E-state index contributed by atoms with van der Waals surface area (Å²) in [5.74, 6) is 10.1. The number of aromatic nitrogens is 2. The van der Waals surface area contributed by atoms with Crippen LogP contribution in [-0.2, 0) is 6.42 Å². The van der Waals surface area contributed by atoms with E-state index in [0.29, 0.717) is 0 Å². The molecule has 3 N–H and O–H groups in total. The molecule has 5 nitrogen and oxygen atoms in total. The summed E-state index contributed by atoms with van der Waals surface area (Å²) in [6.07, 6.45) is 7.77. The summed E-state index contributed by atoms with van der Waals surface area (Å²) < 4.78 is 0. The molecule has 0 amide bonds. The van der Waals surface area contributed by atoms with Gasteiger partial charge in [-0.05, 0) is 31.6 Å². The highest BCUT2D eigenvalue weighted by Crippen LogP contribution is 2.38. The van der Waals surface area contributed by atoms with Crippen LogP contribution in [0.1, 0.15) is 50.4 Å². The molecular formula is C16H27N5. The molecule has 2 atom stereocenters. The maximum Gasteiger partial charge on any atom is 0.148 e. The van der Waals surface area contributed by atoms with Gasteiger partial charge in [-0.15, -0.1) is 0 Å². The normalized spacial score (nSPS) is 25.6. The van der Waals surface area contributed by atoms with E-state index in [1.54, 1.807) is 0 Å². The van der Waals surface area contributed by atoms with E-state index in [0.717, 1.165) is 54.4 Å². The summed E-state index contributed by atoms with van der Waals surface area (Å²) in [6.45, 7) is 6.42. The number of rotatable bonds is 3. The number of piperidine rings is 1. The Labute approximate surface area is 127 Å². The lowest BCUT2D eigenvalue weighted by Gasteiger charge is -2.42. The number of hydrogen-bond acceptors (Lipinski definition) is 5. The van der Waals surface area contributed by atoms with Crippen LogP contribution in [0.2, 0.25) is 0 Å². The lowest BCUT2D eigenvalue weighted by Crippen LogP contribution is -2.42. The van der Waals surface area contributed by atoms with Gasteiger partial charge in [0.15, 0.2) is 0 Å². The van der Waals surface area contributed by atoms with E-state index in [4.69, 9.17) is 10.8 Å². The average Bonchev–Trinajstić information content (AvgIpc) is 2.54. The Hall–Kier alpha value is -1.36. The fourth-order valence-corrected chi connectivity index (χ4v) is 3.95. The summed E-state index contributed by atoms with van der Waals surface area (Å²) in [5, 5.41) is 0. The molecule has 21 heavy (non-hydrogen) atoms. The third-order valence-electron chi connectivity index (χ3n) is 5.21. The summed E-state index contributed by atoms with van der Waals surface area (Å²) in [4.78, 5) is 11.7. The number of hydrogen-bond donors (Lipinski definition) is 2. The number of aryl methyl sites for hydroxylation is 1. The van der Waals surface area contributed by atoms with Crippen LogP contribution in [0.15, 0.2) is 0 Å². The molecule has 0 radical (unpaired) electrons. The van der Waals surface area contributed by atoms with Gasteiger partial charge in [0.2, 0.25) is 0 Å². The molecular weight excluding hydrogens is 262 g/mol. The molecule has 2 unspecified atom stereocenters. The molecule has 1 saturated carbocycles. The number of nitrogen functional groups attached to an aromatic ring is 1. The van der Waals surface area contributed by atoms with Crippen molar-refractivity contribution in [3.63, 3.8) is 0 Å². The lowest BCUT2D eigenvalue weighted by atomic mass is 9.75. The van der Waals surface area contributed by atoms with Crippen LogP contribution in [0.4, 0.5) is 11.6 Å². The quantitative estimate of drug-likeness (QED) is 0.661. The van der Waals surface area contributed by atoms with Gasteiger partial charge in [-0.25, -0.2) is 15.8 Å². The molecule has 1 saturated heterocycles. The second kappa shape index (κ2) is 6.18. The summed E-state index contributed by atoms with van der Waals surface area (Å²) in [6, 6.07) is 0. The van der Waals surface area contributed by atoms with Crippen LogP contribution >= 0.6 is 0 Å². The first-order valence-electron chi connectivity index (χ1n) is 8.32. The van der Waals surface area contributed by atoms with Gasteiger partial charge in [0.05, 0.1) is 0 Å². The third kappa shape index (κ3) is 2.84. The topological polar surface area (TPSA) is 67.1 Å². The van der Waals surface area contributed by atoms with Crippen molar-refractivity contribution >= 4 is 11.6 Å². The Morgan fingerprint density at radius 2 is 1.95 bits per heavy atom. The first kappa shape index (κ1) is 14.6. The largest absolute Gasteiger partial charge is 0.356 e. The molecule has 116 valence electrons. The first-order chi connectivity index (χ1) is 10.2. The minimum Gasteiger partial charge on any atom is -0.356 e. The van der Waals surface area contributed by atoms with Gasteiger partial charge in [-0.2, -0.15) is 0 Å². The van der Waals surface area contributed by atoms with Crippen molar-refractivity contribution in [2.45, 2.75) is 52.4 Å². The highest BCUT2D eigenvalue weighted by atomic mass is 15.3. The third-order valence-corrected chi connectivity index (χ3v) is 5.21. The Morgan fingerprint density at radius 3 is 2.67 bits per heavy atom. The van der Waals surface area contributed by atoms with Crippen molar-refractivity contribution in [2.24, 2.45) is 17.7 Å². The standard InChI is InChI=1S/C16H27N5/c1-3-14-18-15(20-17)11(2)16(19-14)21-9-8-12-6-4-5-7-13(12)10-21/h12-13H,3-10,17H2,1-2H3,(H,18,19,20). The van der Waals surface area contributed by atoms with E-state index in [9.17, 15) is 0 Å². The summed E-state index contributed by atoms with van der Waals surface area (Å²) in [7, 11) is 0. The molecule has 2 aliphatic rings. The highest BCUT2D eigenvalue weighted by Gasteiger charge is 2.32. The van der Waals surface area contributed by atoms with E-state index in [1.807, 2.05) is 0 Å². The molecule has 2 fully saturated rings. The lowest BCUT2D eigenvalue weighted by molar-refractivity contribution is 0.202. The van der Waals surface area contributed by atoms with Gasteiger partial charge >= 0.3 is 0 Å². The highest BCUT2D eigenvalue weighted by molar-refractivity contribution is 5.58. The number of nitrogens with one attached hydrogen (secondary N) is 1. The van der Waals surface area contributed by atoms with E-state index in [-0.39, 0.29) is 0 Å². The first-order valence-corrected chi connectivity index (χ1v) is 8.32. The van der Waals surface area contributed by atoms with Gasteiger partial charge in [0.1, 0.15) is 17.5 Å². The van der Waals surface area contributed by atoms with Gasteiger partial charge in [-0.1, -0.05) is 26.2 Å². The number of fused-ring (bicyclic) bond motifs is 1. The van der Waals surface area contributed by atoms with E-state index in [1.165, 1.54) is 32.1 Å². The van der Waals surface area contributed by atoms with Crippen molar-refractivity contribution in [1.82, 2.24) is 9.97 Å². The Bertz CT molecular complexity index is 502. The monoisotopic (exact) mass is 289 g/mol. The molecule has 2 heterocycles. The number of anilines is 2. The van der Waals surface area contributed by atoms with Crippen LogP contribution < -0.4 is 16.2 Å². The molecule has 1 aromatic heterocycles. The predicted octanol–water partition coefficient (Wildman–Crippen LogP) is 2.65. The molecule has 0 bridgehead atoms. The Kier molecular flexibility index (Phi) is 4.29. The van der Waals surface area contributed by atoms with Crippen LogP contribution in [0, 0.1) is 18.8 Å². The van der Waals surface area contributed by atoms with Gasteiger partial charge < -0.3 is 10.3 Å². The average molecular weight is 289 g/mol. The summed E-state index contributed by atoms with van der Waals surface area (Å²) >= 11 is 0. The number of nitrogens with zero attached hydrogens (tertiary/aromatic N) is 3. The SMILES string of the molecule is CCc1nc(NN)c(C)c(N2CCC3CCCCC3C2)n1. The smallest absolute Gasteiger partial charge is 0.148 e. The second-order valence-electron chi connectivity index (χ2n) is 6.47. The van der Waals surface area contributed by atoms with E-state index >= 15 is 0 Å². The molecule has 0 spiro atoms. The maximum absolute atomic E-state index is 5.62. The Balaban J connectivity index is 1.86. The van der Waals surface area contributed by atoms with E-state index < -0.39 is 0 Å². The van der Waals surface area contributed by atoms with Crippen LogP contribution in [0.25, 0.3) is 0 Å². The fraction of sp³-hybridized carbons (Fsp3) is 0.750. The van der Waals surface area contributed by atoms with Gasteiger partial charge in [0, 0.05) is 25.1 Å². The zero-order chi connectivity index (χ0) is 14.8. The number of hydrazine groups is 1. The summed E-state index contributed by atoms with van der Waals surface area (Å²) in [5.41, 5.74) is 3.80. The van der Waals surface area contributed by atoms with Crippen molar-refractivity contribution in [3.05, 3.63) is 11.4 Å². The molecule has 5 heteroatoms. The van der Waals surface area contributed by atoms with Crippen LogP contribution in [0.3, 0.4) is 0 Å². The second-order valence-corrected chi connectivity index (χ2v) is 6.47. The van der Waals surface area contributed by atoms with Crippen molar-refractivity contribution in [2.75, 3.05) is 23.4 Å². The number of nitrogens with two attached hydrogens (primary N) is 1. The van der Waals surface area contributed by atoms with Crippen molar-refractivity contribution in [1.29, 1.82) is 0 Å². The zero-order valence-corrected chi connectivity index (χ0v) is 13.2. The molecule has 3 rings (SSSR count). The van der Waals surface area contributed by atoms with Crippen molar-refractivity contribution < 1.29 is 0 Å². The minimum atomic E-state index is 0.766. The molecule has 0 aromatic carbocycles. The van der Waals surface area contributed by atoms with Gasteiger partial charge in [0.25, 0.3) is 0 Å². The molecule has 1 aliphatic carbocycles. The van der Waals surface area contributed by atoms with Crippen LogP contribution in [0.5, 0.6) is 0 Å². The maximum atomic E-state index is 5.62. The zero-order valence-electron chi connectivity index (χ0n) is 13.2. The van der Waals surface area contributed by atoms with Crippen molar-refractivity contribution in [3.8, 4) is 0 Å². The Morgan fingerprint density at radius 1 is 1.19 bits per heavy atom. The van der Waals surface area contributed by atoms with Crippen LogP contribution in [-0.4, -0.2) is 23.1 Å². The predicted molar refractivity (Wildman–Crippen MR) is 86.2 cm³/mol. The fourth-order valence-electron chi connectivity index (χ4n) is 3.95. The molecule has 1 aliphatic heterocycles. The molecule has 1 aromatic rings. The van der Waals surface area contributed by atoms with Gasteiger partial charge in [-0.3, -0.25) is 0 Å². The van der Waals surface area contributed by atoms with E-state index in [2.05, 4.69) is 29.2 Å². The minimum absolute atomic E-state index is 0.766.